The van der Waals surface area contributed by atoms with E-state index in [2.05, 4.69) is 6.92 Å². The Hall–Kier alpha value is -1.89. The van der Waals surface area contributed by atoms with E-state index in [1.165, 1.54) is 19.2 Å². The first-order chi connectivity index (χ1) is 22.2. The fraction of sp³-hybridized carbons (Fsp3) is 0.657. The number of aliphatic hydroxyl groups excluding tert-OH is 2. The van der Waals surface area contributed by atoms with Crippen LogP contribution in [0.15, 0.2) is 30.3 Å². The van der Waals surface area contributed by atoms with E-state index in [1.807, 2.05) is 13.8 Å². The predicted octanol–water partition coefficient (Wildman–Crippen LogP) is 6.72. The van der Waals surface area contributed by atoms with Crippen LogP contribution in [0.2, 0.25) is 5.02 Å². The average Bonchev–Trinajstić information content (AvgIpc) is 3.06. The van der Waals surface area contributed by atoms with Gasteiger partial charge >= 0.3 is 0 Å². The summed E-state index contributed by atoms with van der Waals surface area (Å²) >= 11 is 6.62. The van der Waals surface area contributed by atoms with Gasteiger partial charge in [-0.15, -0.1) is 0 Å². The molecule has 11 heteroatoms. The molecule has 2 N–H and O–H groups in total. The van der Waals surface area contributed by atoms with Gasteiger partial charge < -0.3 is 38.6 Å². The minimum atomic E-state index is -1.72. The molecule has 2 aromatic rings. The van der Waals surface area contributed by atoms with Crippen molar-refractivity contribution in [3.8, 4) is 5.75 Å². The summed E-state index contributed by atoms with van der Waals surface area (Å²) in [5.74, 6) is -3.99. The summed E-state index contributed by atoms with van der Waals surface area (Å²) < 4.78 is 67.4. The monoisotopic (exact) mass is 672 g/mol. The van der Waals surface area contributed by atoms with Crippen LogP contribution in [0.4, 0.5) is 8.78 Å². The number of unbranched alkanes of at least 4 members (excludes halogenated alkanes) is 3. The summed E-state index contributed by atoms with van der Waals surface area (Å²) in [6.45, 7) is 7.92. The number of aliphatic hydroxyl groups is 2. The van der Waals surface area contributed by atoms with Gasteiger partial charge in [-0.05, 0) is 55.5 Å². The molecule has 2 aromatic carbocycles. The van der Waals surface area contributed by atoms with Crippen LogP contribution in [0.3, 0.4) is 0 Å². The Kier molecular flexibility index (Phi) is 15.6. The summed E-state index contributed by atoms with van der Waals surface area (Å²) in [5, 5.41) is 22.0. The van der Waals surface area contributed by atoms with Crippen molar-refractivity contribution in [1.82, 2.24) is 0 Å². The van der Waals surface area contributed by atoms with E-state index < -0.39 is 54.5 Å². The van der Waals surface area contributed by atoms with Gasteiger partial charge in [-0.25, -0.2) is 4.39 Å². The molecule has 3 rings (SSSR count). The third-order valence-corrected chi connectivity index (χ3v) is 8.71. The van der Waals surface area contributed by atoms with E-state index in [1.54, 1.807) is 25.1 Å². The largest absolute Gasteiger partial charge is 0.491 e. The van der Waals surface area contributed by atoms with Gasteiger partial charge in [0.1, 0.15) is 23.9 Å². The van der Waals surface area contributed by atoms with Crippen molar-refractivity contribution in [3.05, 3.63) is 63.7 Å². The first kappa shape index (κ1) is 38.6. The van der Waals surface area contributed by atoms with Gasteiger partial charge in [0.05, 0.1) is 19.8 Å². The molecule has 0 amide bonds. The molecule has 0 spiro atoms. The second kappa shape index (κ2) is 18.6. The van der Waals surface area contributed by atoms with Gasteiger partial charge in [0, 0.05) is 43.9 Å². The molecule has 260 valence electrons. The van der Waals surface area contributed by atoms with Crippen LogP contribution in [0.25, 0.3) is 0 Å². The quantitative estimate of drug-likeness (QED) is 0.150. The Bertz CT molecular complexity index is 1210. The van der Waals surface area contributed by atoms with Crippen molar-refractivity contribution >= 4 is 11.6 Å². The van der Waals surface area contributed by atoms with Crippen LogP contribution in [0.1, 0.15) is 82.9 Å². The van der Waals surface area contributed by atoms with E-state index in [0.29, 0.717) is 36.0 Å². The number of halogens is 3. The second-order valence-corrected chi connectivity index (χ2v) is 12.0. The highest BCUT2D eigenvalue weighted by Crippen LogP contribution is 2.47. The number of methoxy groups -OCH3 is 1. The minimum Gasteiger partial charge on any atom is -0.491 e. The van der Waals surface area contributed by atoms with Crippen LogP contribution in [-0.4, -0.2) is 80.9 Å². The highest BCUT2D eigenvalue weighted by atomic mass is 35.5. The third kappa shape index (κ3) is 8.57. The molecule has 0 saturated carbocycles. The van der Waals surface area contributed by atoms with Crippen molar-refractivity contribution in [2.24, 2.45) is 0 Å². The molecule has 0 bridgehead atoms. The average molecular weight is 673 g/mol. The van der Waals surface area contributed by atoms with Gasteiger partial charge in [0.15, 0.2) is 11.6 Å². The first-order valence-electron chi connectivity index (χ1n) is 16.4. The molecular formula is C35H51ClF2O8. The maximum Gasteiger partial charge on any atom is 0.225 e. The molecule has 0 radical (unpaired) electrons. The Balaban J connectivity index is 2.18. The minimum absolute atomic E-state index is 0.0483. The van der Waals surface area contributed by atoms with Crippen LogP contribution in [-0.2, 0) is 35.9 Å². The molecule has 4 atom stereocenters. The molecule has 0 unspecified atom stereocenters. The highest BCUT2D eigenvalue weighted by molar-refractivity contribution is 6.31. The van der Waals surface area contributed by atoms with Crippen molar-refractivity contribution in [1.29, 1.82) is 0 Å². The normalized spacial score (nSPS) is 22.7. The van der Waals surface area contributed by atoms with Gasteiger partial charge in [0.25, 0.3) is 0 Å². The molecule has 1 saturated heterocycles. The van der Waals surface area contributed by atoms with Crippen LogP contribution >= 0.6 is 11.6 Å². The van der Waals surface area contributed by atoms with E-state index in [0.717, 1.165) is 38.5 Å². The fourth-order valence-corrected chi connectivity index (χ4v) is 5.88. The van der Waals surface area contributed by atoms with Crippen molar-refractivity contribution < 1.29 is 47.4 Å². The zero-order chi connectivity index (χ0) is 33.7. The molecule has 1 fully saturated rings. The molecule has 1 aliphatic heterocycles. The molecule has 1 heterocycles. The van der Waals surface area contributed by atoms with Gasteiger partial charge in [-0.2, -0.15) is 4.39 Å². The molecule has 1 aliphatic rings. The van der Waals surface area contributed by atoms with Gasteiger partial charge in [0.2, 0.25) is 11.6 Å². The fourth-order valence-electron chi connectivity index (χ4n) is 5.69. The van der Waals surface area contributed by atoms with Crippen LogP contribution in [0, 0.1) is 11.6 Å². The number of rotatable bonds is 20. The third-order valence-electron chi connectivity index (χ3n) is 8.34. The van der Waals surface area contributed by atoms with Crippen molar-refractivity contribution in [2.75, 3.05) is 46.8 Å². The Morgan fingerprint density at radius 2 is 1.41 bits per heavy atom. The Morgan fingerprint density at radius 1 is 0.804 bits per heavy atom. The van der Waals surface area contributed by atoms with Crippen molar-refractivity contribution in [2.45, 2.75) is 102 Å². The standard InChI is InChI=1S/C35H51ClF2O8/c1-6-10-17-43-31-32(44-18-11-7-2)34(22-39,23-40)46-35(41-5,33(31)45-19-12-8-3)26-14-15-27(36)25(21-26)20-24-13-16-28(42-9-4)30(38)29(24)37/h13-16,21,31-33,39-40H,6-12,17-20,22-23H2,1-5H3/t31-,32-,33+,35-/m0/s1. The lowest BCUT2D eigenvalue weighted by Gasteiger charge is -2.56. The lowest BCUT2D eigenvalue weighted by atomic mass is 9.80. The van der Waals surface area contributed by atoms with Crippen LogP contribution < -0.4 is 4.74 Å². The number of hydrogen-bond acceptors (Lipinski definition) is 8. The SMILES string of the molecule is CCCCO[C@@H]1[C@@H](OCCCC)[C@](OC)(c2ccc(Cl)c(Cc3ccc(OCC)c(F)c3F)c2)OC(CO)(CO)[C@H]1OCCCC. The lowest BCUT2D eigenvalue weighted by Crippen LogP contribution is -2.73. The zero-order valence-electron chi connectivity index (χ0n) is 27.8. The Morgan fingerprint density at radius 3 is 1.98 bits per heavy atom. The summed E-state index contributed by atoms with van der Waals surface area (Å²) in [7, 11) is 1.45. The van der Waals surface area contributed by atoms with E-state index >= 15 is 4.39 Å². The lowest BCUT2D eigenvalue weighted by molar-refractivity contribution is -0.414. The zero-order valence-corrected chi connectivity index (χ0v) is 28.5. The van der Waals surface area contributed by atoms with Gasteiger partial charge in [-0.1, -0.05) is 63.8 Å². The Labute approximate surface area is 277 Å². The molecule has 0 aromatic heterocycles. The molecule has 8 nitrogen and oxygen atoms in total. The highest BCUT2D eigenvalue weighted by Gasteiger charge is 2.64. The molecular weight excluding hydrogens is 622 g/mol. The van der Waals surface area contributed by atoms with E-state index in [4.69, 9.17) is 40.0 Å². The van der Waals surface area contributed by atoms with Gasteiger partial charge in [-0.3, -0.25) is 0 Å². The molecule has 46 heavy (non-hydrogen) atoms. The number of benzene rings is 2. The first-order valence-corrected chi connectivity index (χ1v) is 16.8. The smallest absolute Gasteiger partial charge is 0.225 e. The summed E-state index contributed by atoms with van der Waals surface area (Å²) in [6.07, 6.45) is 2.24. The number of ether oxygens (including phenoxy) is 6. The summed E-state index contributed by atoms with van der Waals surface area (Å²) in [4.78, 5) is 0. The summed E-state index contributed by atoms with van der Waals surface area (Å²) in [6, 6.07) is 7.86. The topological polar surface area (TPSA) is 95.8 Å². The predicted molar refractivity (Wildman–Crippen MR) is 172 cm³/mol. The molecule has 0 aliphatic carbocycles. The maximum absolute atomic E-state index is 15.1. The van der Waals surface area contributed by atoms with E-state index in [-0.39, 0.29) is 24.3 Å². The van der Waals surface area contributed by atoms with E-state index in [9.17, 15) is 14.6 Å². The van der Waals surface area contributed by atoms with Crippen LogP contribution in [0.5, 0.6) is 5.75 Å². The van der Waals surface area contributed by atoms with Crippen molar-refractivity contribution in [3.63, 3.8) is 0 Å². The summed E-state index contributed by atoms with van der Waals surface area (Å²) in [5.41, 5.74) is -0.658. The second-order valence-electron chi connectivity index (χ2n) is 11.6. The number of hydrogen-bond donors (Lipinski definition) is 2. The maximum atomic E-state index is 15.1.